The lowest BCUT2D eigenvalue weighted by molar-refractivity contribution is 0.223. The largest absolute Gasteiger partial charge is 0.424 e. The van der Waals surface area contributed by atoms with Crippen LogP contribution >= 0.6 is 23.1 Å². The van der Waals surface area contributed by atoms with E-state index in [1.165, 1.54) is 21.9 Å². The molecule has 17 heavy (non-hydrogen) atoms. The SMILES string of the molecule is [SiH3]OC(CSc1nc2ccccc2s1)C1CC1. The fourth-order valence-corrected chi connectivity index (χ4v) is 5.01. The zero-order valence-electron chi connectivity index (χ0n) is 9.76. The maximum absolute atomic E-state index is 5.66. The molecule has 2 aromatic rings. The molecule has 1 unspecified atom stereocenters. The summed E-state index contributed by atoms with van der Waals surface area (Å²) in [5.74, 6) is 1.89. The van der Waals surface area contributed by atoms with Crippen molar-refractivity contribution in [3.05, 3.63) is 24.3 Å². The van der Waals surface area contributed by atoms with Crippen LogP contribution in [0.4, 0.5) is 0 Å². The summed E-state index contributed by atoms with van der Waals surface area (Å²) in [7, 11) is 0.849. The van der Waals surface area contributed by atoms with Crippen molar-refractivity contribution >= 4 is 43.8 Å². The highest BCUT2D eigenvalue weighted by Gasteiger charge is 2.30. The van der Waals surface area contributed by atoms with Crippen LogP contribution in [-0.2, 0) is 4.43 Å². The quantitative estimate of drug-likeness (QED) is 0.621. The van der Waals surface area contributed by atoms with Gasteiger partial charge >= 0.3 is 0 Å². The molecule has 3 rings (SSSR count). The predicted octanol–water partition coefficient (Wildman–Crippen LogP) is 2.46. The van der Waals surface area contributed by atoms with E-state index in [2.05, 4.69) is 23.2 Å². The van der Waals surface area contributed by atoms with Crippen molar-refractivity contribution in [2.45, 2.75) is 23.3 Å². The van der Waals surface area contributed by atoms with Crippen molar-refractivity contribution < 1.29 is 4.43 Å². The van der Waals surface area contributed by atoms with Crippen LogP contribution in [0.1, 0.15) is 12.8 Å². The van der Waals surface area contributed by atoms with Crippen molar-refractivity contribution in [2.75, 3.05) is 5.75 Å². The van der Waals surface area contributed by atoms with Crippen LogP contribution < -0.4 is 0 Å². The molecule has 1 aromatic carbocycles. The molecule has 1 fully saturated rings. The van der Waals surface area contributed by atoms with Crippen LogP contribution in [0.2, 0.25) is 0 Å². The van der Waals surface area contributed by atoms with E-state index in [9.17, 15) is 0 Å². The number of thioether (sulfide) groups is 1. The van der Waals surface area contributed by atoms with E-state index in [1.807, 2.05) is 17.8 Å². The van der Waals surface area contributed by atoms with Crippen molar-refractivity contribution in [2.24, 2.45) is 5.92 Å². The summed E-state index contributed by atoms with van der Waals surface area (Å²) in [6.45, 7) is 0. The summed E-state index contributed by atoms with van der Waals surface area (Å²) in [6, 6.07) is 8.34. The molecule has 2 nitrogen and oxygen atoms in total. The van der Waals surface area contributed by atoms with Gasteiger partial charge in [-0.05, 0) is 30.9 Å². The van der Waals surface area contributed by atoms with Crippen LogP contribution in [0.25, 0.3) is 10.2 Å². The molecule has 90 valence electrons. The van der Waals surface area contributed by atoms with Crippen LogP contribution in [0.15, 0.2) is 28.6 Å². The van der Waals surface area contributed by atoms with E-state index < -0.39 is 0 Å². The average molecular weight is 281 g/mol. The van der Waals surface area contributed by atoms with E-state index in [4.69, 9.17) is 4.43 Å². The number of rotatable bonds is 5. The molecule has 0 bridgehead atoms. The Labute approximate surface area is 112 Å². The second-order valence-electron chi connectivity index (χ2n) is 4.37. The van der Waals surface area contributed by atoms with Gasteiger partial charge in [0.15, 0.2) is 4.34 Å². The minimum absolute atomic E-state index is 0.471. The molecule has 1 atom stereocenters. The predicted molar refractivity (Wildman–Crippen MR) is 77.9 cm³/mol. The highest BCUT2D eigenvalue weighted by atomic mass is 32.2. The Kier molecular flexibility index (Phi) is 3.51. The highest BCUT2D eigenvalue weighted by Crippen LogP contribution is 2.37. The molecule has 1 aliphatic rings. The van der Waals surface area contributed by atoms with Gasteiger partial charge in [-0.3, -0.25) is 0 Å². The summed E-state index contributed by atoms with van der Waals surface area (Å²) in [6.07, 6.45) is 3.18. The maximum atomic E-state index is 5.66. The number of fused-ring (bicyclic) bond motifs is 1. The standard InChI is InChI=1S/C12H15NOS2Si/c17-14-10(8-5-6-8)7-15-12-13-9-3-1-2-4-11(9)16-12/h1-4,8,10H,5-7H2,17H3. The van der Waals surface area contributed by atoms with Crippen LogP contribution in [0.5, 0.6) is 0 Å². The number of hydrogen-bond acceptors (Lipinski definition) is 4. The fraction of sp³-hybridized carbons (Fsp3) is 0.417. The molecule has 0 amide bonds. The maximum Gasteiger partial charge on any atom is 0.151 e. The number of hydrogen-bond donors (Lipinski definition) is 0. The first-order valence-electron chi connectivity index (χ1n) is 5.88. The average Bonchev–Trinajstić information content (AvgIpc) is 3.09. The second-order valence-corrected chi connectivity index (χ2v) is 7.14. The fourth-order valence-electron chi connectivity index (χ4n) is 1.93. The third kappa shape index (κ3) is 2.73. The molecular weight excluding hydrogens is 266 g/mol. The van der Waals surface area contributed by atoms with Gasteiger partial charge in [0.1, 0.15) is 10.5 Å². The summed E-state index contributed by atoms with van der Waals surface area (Å²) < 4.78 is 8.12. The van der Waals surface area contributed by atoms with Crippen molar-refractivity contribution in [3.8, 4) is 0 Å². The molecule has 0 N–H and O–H groups in total. The Hall–Kier alpha value is -0.363. The second kappa shape index (κ2) is 5.10. The molecule has 0 spiro atoms. The monoisotopic (exact) mass is 281 g/mol. The first-order chi connectivity index (χ1) is 8.36. The minimum atomic E-state index is 0.471. The van der Waals surface area contributed by atoms with Gasteiger partial charge in [0, 0.05) is 5.75 Å². The number of benzene rings is 1. The molecule has 5 heteroatoms. The van der Waals surface area contributed by atoms with Crippen LogP contribution in [0, 0.1) is 5.92 Å². The Morgan fingerprint density at radius 3 is 3.00 bits per heavy atom. The molecule has 1 heterocycles. The molecule has 0 saturated heterocycles. The summed E-state index contributed by atoms with van der Waals surface area (Å²) in [5.41, 5.74) is 1.12. The Morgan fingerprint density at radius 1 is 1.47 bits per heavy atom. The normalized spacial score (nSPS) is 17.6. The highest BCUT2D eigenvalue weighted by molar-refractivity contribution is 8.01. The van der Waals surface area contributed by atoms with Crippen molar-refractivity contribution in [3.63, 3.8) is 0 Å². The number of nitrogens with zero attached hydrogens (tertiary/aromatic N) is 1. The van der Waals surface area contributed by atoms with Gasteiger partial charge < -0.3 is 4.43 Å². The van der Waals surface area contributed by atoms with Crippen molar-refractivity contribution in [1.29, 1.82) is 0 Å². The van der Waals surface area contributed by atoms with Gasteiger partial charge in [-0.2, -0.15) is 0 Å². The van der Waals surface area contributed by atoms with Gasteiger partial charge in [0.05, 0.1) is 16.3 Å². The van der Waals surface area contributed by atoms with Crippen molar-refractivity contribution in [1.82, 2.24) is 4.98 Å². The lowest BCUT2D eigenvalue weighted by Crippen LogP contribution is -2.16. The zero-order chi connectivity index (χ0) is 11.7. The van der Waals surface area contributed by atoms with Gasteiger partial charge in [0.2, 0.25) is 0 Å². The van der Waals surface area contributed by atoms with Crippen LogP contribution in [0.3, 0.4) is 0 Å². The lowest BCUT2D eigenvalue weighted by Gasteiger charge is -2.12. The van der Waals surface area contributed by atoms with E-state index >= 15 is 0 Å². The summed E-state index contributed by atoms with van der Waals surface area (Å²) >= 11 is 3.64. The van der Waals surface area contributed by atoms with Crippen LogP contribution in [-0.4, -0.2) is 27.3 Å². The molecule has 1 aliphatic carbocycles. The van der Waals surface area contributed by atoms with Gasteiger partial charge in [-0.1, -0.05) is 23.9 Å². The Morgan fingerprint density at radius 2 is 2.29 bits per heavy atom. The number of aromatic nitrogens is 1. The zero-order valence-corrected chi connectivity index (χ0v) is 13.4. The van der Waals surface area contributed by atoms with E-state index in [0.29, 0.717) is 6.10 Å². The molecule has 0 aliphatic heterocycles. The minimum Gasteiger partial charge on any atom is -0.424 e. The molecule has 0 radical (unpaired) electrons. The van der Waals surface area contributed by atoms with E-state index in [0.717, 1.165) is 27.7 Å². The third-order valence-electron chi connectivity index (χ3n) is 3.10. The van der Waals surface area contributed by atoms with E-state index in [1.54, 1.807) is 11.3 Å². The van der Waals surface area contributed by atoms with Gasteiger partial charge in [0.25, 0.3) is 0 Å². The first kappa shape index (κ1) is 11.7. The first-order valence-corrected chi connectivity index (χ1v) is 8.50. The third-order valence-corrected chi connectivity index (χ3v) is 5.97. The number of para-hydroxylation sites is 1. The molecular formula is C12H15NOS2Si. The topological polar surface area (TPSA) is 22.1 Å². The molecule has 1 aromatic heterocycles. The summed E-state index contributed by atoms with van der Waals surface area (Å²) in [4.78, 5) is 4.64. The number of thiazole rings is 1. The van der Waals surface area contributed by atoms with Gasteiger partial charge in [-0.25, -0.2) is 4.98 Å². The summed E-state index contributed by atoms with van der Waals surface area (Å²) in [5, 5.41) is 0. The Bertz CT molecular complexity index is 479. The van der Waals surface area contributed by atoms with E-state index in [-0.39, 0.29) is 0 Å². The Balaban J connectivity index is 1.67. The lowest BCUT2D eigenvalue weighted by atomic mass is 10.3. The van der Waals surface area contributed by atoms with Gasteiger partial charge in [-0.15, -0.1) is 11.3 Å². The molecule has 1 saturated carbocycles. The smallest absolute Gasteiger partial charge is 0.151 e.